The van der Waals surface area contributed by atoms with Crippen LogP contribution >= 0.6 is 11.6 Å². The maximum absolute atomic E-state index is 13.9. The molecule has 24 heavy (non-hydrogen) atoms. The summed E-state index contributed by atoms with van der Waals surface area (Å²) in [7, 11) is -1.04. The molecule has 0 atom stereocenters. The molecule has 0 fully saturated rings. The lowest BCUT2D eigenvalue weighted by molar-refractivity contribution is 0.0946. The van der Waals surface area contributed by atoms with Crippen molar-refractivity contribution in [3.8, 4) is 0 Å². The second-order valence-electron chi connectivity index (χ2n) is 5.20. The SMILES string of the molecule is CN(C)S(=O)(=O)c1ccc(F)c(C(=O)NCc2ccccc2Cl)c1. The topological polar surface area (TPSA) is 66.5 Å². The number of amides is 1. The summed E-state index contributed by atoms with van der Waals surface area (Å²) in [4.78, 5) is 12.0. The number of benzene rings is 2. The van der Waals surface area contributed by atoms with Crippen LogP contribution in [0.4, 0.5) is 4.39 Å². The van der Waals surface area contributed by atoms with Crippen molar-refractivity contribution >= 4 is 27.5 Å². The number of hydrogen-bond acceptors (Lipinski definition) is 3. The average molecular weight is 371 g/mol. The minimum Gasteiger partial charge on any atom is -0.348 e. The van der Waals surface area contributed by atoms with Crippen LogP contribution < -0.4 is 5.32 Å². The van der Waals surface area contributed by atoms with Gasteiger partial charge in [0.05, 0.1) is 10.5 Å². The van der Waals surface area contributed by atoms with Crippen LogP contribution in [-0.4, -0.2) is 32.7 Å². The van der Waals surface area contributed by atoms with Gasteiger partial charge < -0.3 is 5.32 Å². The number of rotatable bonds is 5. The van der Waals surface area contributed by atoms with Crippen molar-refractivity contribution in [2.24, 2.45) is 0 Å². The number of halogens is 2. The minimum atomic E-state index is -3.76. The molecule has 0 aliphatic heterocycles. The van der Waals surface area contributed by atoms with Gasteiger partial charge in [0.1, 0.15) is 5.82 Å². The van der Waals surface area contributed by atoms with Crippen LogP contribution in [0, 0.1) is 5.82 Å². The van der Waals surface area contributed by atoms with Gasteiger partial charge in [-0.15, -0.1) is 0 Å². The third kappa shape index (κ3) is 3.92. The molecule has 1 amide bonds. The molecule has 2 aromatic rings. The molecule has 2 rings (SSSR count). The van der Waals surface area contributed by atoms with Crippen molar-refractivity contribution < 1.29 is 17.6 Å². The Kier molecular flexibility index (Phi) is 5.58. The van der Waals surface area contributed by atoms with Gasteiger partial charge in [0.2, 0.25) is 10.0 Å². The van der Waals surface area contributed by atoms with Crippen LogP contribution in [-0.2, 0) is 16.6 Å². The lowest BCUT2D eigenvalue weighted by atomic mass is 10.2. The predicted octanol–water partition coefficient (Wildman–Crippen LogP) is 2.66. The largest absolute Gasteiger partial charge is 0.348 e. The van der Waals surface area contributed by atoms with Crippen molar-refractivity contribution in [2.45, 2.75) is 11.4 Å². The molecule has 0 saturated heterocycles. The molecule has 5 nitrogen and oxygen atoms in total. The second kappa shape index (κ2) is 7.29. The third-order valence-corrected chi connectivity index (χ3v) is 5.54. The summed E-state index contributed by atoms with van der Waals surface area (Å²) < 4.78 is 39.1. The Morgan fingerprint density at radius 2 is 1.88 bits per heavy atom. The molecule has 0 spiro atoms. The Bertz CT molecular complexity index is 869. The van der Waals surface area contributed by atoms with E-state index in [1.165, 1.54) is 14.1 Å². The van der Waals surface area contributed by atoms with E-state index >= 15 is 0 Å². The zero-order chi connectivity index (χ0) is 17.9. The van der Waals surface area contributed by atoms with Crippen molar-refractivity contribution in [1.82, 2.24) is 9.62 Å². The Hall–Kier alpha value is -1.96. The van der Waals surface area contributed by atoms with E-state index < -0.39 is 21.7 Å². The van der Waals surface area contributed by atoms with E-state index in [9.17, 15) is 17.6 Å². The molecule has 2 aromatic carbocycles. The maximum Gasteiger partial charge on any atom is 0.254 e. The molecule has 0 heterocycles. The van der Waals surface area contributed by atoms with Crippen molar-refractivity contribution in [3.63, 3.8) is 0 Å². The lowest BCUT2D eigenvalue weighted by Crippen LogP contribution is -2.26. The summed E-state index contributed by atoms with van der Waals surface area (Å²) in [5.41, 5.74) is 0.329. The number of nitrogens with zero attached hydrogens (tertiary/aromatic N) is 1. The first-order chi connectivity index (χ1) is 11.2. The second-order valence-corrected chi connectivity index (χ2v) is 7.76. The van der Waals surface area contributed by atoms with Gasteiger partial charge in [0.25, 0.3) is 5.91 Å². The number of carbonyl (C=O) groups is 1. The summed E-state index contributed by atoms with van der Waals surface area (Å²) in [5, 5.41) is 3.01. The summed E-state index contributed by atoms with van der Waals surface area (Å²) in [5.74, 6) is -1.52. The van der Waals surface area contributed by atoms with Gasteiger partial charge in [0, 0.05) is 25.7 Å². The smallest absolute Gasteiger partial charge is 0.254 e. The quantitative estimate of drug-likeness (QED) is 0.879. The van der Waals surface area contributed by atoms with Crippen molar-refractivity contribution in [2.75, 3.05) is 14.1 Å². The van der Waals surface area contributed by atoms with Crippen LogP contribution in [0.2, 0.25) is 5.02 Å². The molecule has 1 N–H and O–H groups in total. The molecular weight excluding hydrogens is 355 g/mol. The highest BCUT2D eigenvalue weighted by atomic mass is 35.5. The molecule has 0 saturated carbocycles. The van der Waals surface area contributed by atoms with Crippen LogP contribution in [0.15, 0.2) is 47.4 Å². The Labute approximate surface area is 145 Å². The highest BCUT2D eigenvalue weighted by Crippen LogP contribution is 2.18. The van der Waals surface area contributed by atoms with Gasteiger partial charge in [-0.25, -0.2) is 17.1 Å². The van der Waals surface area contributed by atoms with Crippen LogP contribution in [0.25, 0.3) is 0 Å². The molecule has 0 aliphatic carbocycles. The molecule has 0 aliphatic rings. The number of nitrogens with one attached hydrogen (secondary N) is 1. The standard InChI is InChI=1S/C16H16ClFN2O3S/c1-20(2)24(22,23)12-7-8-15(18)13(9-12)16(21)19-10-11-5-3-4-6-14(11)17/h3-9H,10H2,1-2H3,(H,19,21). The van der Waals surface area contributed by atoms with E-state index in [4.69, 9.17) is 11.6 Å². The number of sulfonamides is 1. The first kappa shape index (κ1) is 18.4. The van der Waals surface area contributed by atoms with Gasteiger partial charge in [-0.1, -0.05) is 29.8 Å². The molecule has 0 unspecified atom stereocenters. The molecule has 0 aromatic heterocycles. The molecule has 128 valence electrons. The monoisotopic (exact) mass is 370 g/mol. The molecule has 0 bridgehead atoms. The number of hydrogen-bond donors (Lipinski definition) is 1. The molecular formula is C16H16ClFN2O3S. The van der Waals surface area contributed by atoms with E-state index in [0.29, 0.717) is 10.6 Å². The fraction of sp³-hybridized carbons (Fsp3) is 0.188. The van der Waals surface area contributed by atoms with E-state index in [-0.39, 0.29) is 17.0 Å². The fourth-order valence-electron chi connectivity index (χ4n) is 1.96. The normalized spacial score (nSPS) is 11.5. The molecule has 0 radical (unpaired) electrons. The summed E-state index contributed by atoms with van der Waals surface area (Å²) in [6.07, 6.45) is 0. The highest BCUT2D eigenvalue weighted by molar-refractivity contribution is 7.89. The predicted molar refractivity (Wildman–Crippen MR) is 89.9 cm³/mol. The molecule has 8 heteroatoms. The van der Waals surface area contributed by atoms with E-state index in [2.05, 4.69) is 5.32 Å². The fourth-order valence-corrected chi connectivity index (χ4v) is 3.09. The van der Waals surface area contributed by atoms with Crippen molar-refractivity contribution in [1.29, 1.82) is 0 Å². The van der Waals surface area contributed by atoms with Gasteiger partial charge in [-0.2, -0.15) is 0 Å². The maximum atomic E-state index is 13.9. The third-order valence-electron chi connectivity index (χ3n) is 3.36. The summed E-state index contributed by atoms with van der Waals surface area (Å²) >= 11 is 5.99. The van der Waals surface area contributed by atoms with Gasteiger partial charge in [-0.3, -0.25) is 4.79 Å². The van der Waals surface area contributed by atoms with Gasteiger partial charge >= 0.3 is 0 Å². The van der Waals surface area contributed by atoms with Crippen LogP contribution in [0.1, 0.15) is 15.9 Å². The van der Waals surface area contributed by atoms with Gasteiger partial charge in [0.15, 0.2) is 0 Å². The van der Waals surface area contributed by atoms with Crippen molar-refractivity contribution in [3.05, 3.63) is 64.4 Å². The lowest BCUT2D eigenvalue weighted by Gasteiger charge is -2.13. The Morgan fingerprint density at radius 1 is 1.21 bits per heavy atom. The van der Waals surface area contributed by atoms with E-state index in [0.717, 1.165) is 22.5 Å². The Balaban J connectivity index is 2.25. The average Bonchev–Trinajstić information content (AvgIpc) is 2.54. The zero-order valence-electron chi connectivity index (χ0n) is 13.1. The first-order valence-corrected chi connectivity index (χ1v) is 8.79. The van der Waals surface area contributed by atoms with Crippen LogP contribution in [0.3, 0.4) is 0 Å². The number of carbonyl (C=O) groups excluding carboxylic acids is 1. The van der Waals surface area contributed by atoms with Crippen LogP contribution in [0.5, 0.6) is 0 Å². The minimum absolute atomic E-state index is 0.0998. The first-order valence-electron chi connectivity index (χ1n) is 6.97. The summed E-state index contributed by atoms with van der Waals surface area (Å²) in [6.45, 7) is 0.0998. The summed E-state index contributed by atoms with van der Waals surface area (Å²) in [6, 6.07) is 10.0. The highest BCUT2D eigenvalue weighted by Gasteiger charge is 2.21. The van der Waals surface area contributed by atoms with E-state index in [1.54, 1.807) is 24.3 Å². The van der Waals surface area contributed by atoms with E-state index in [1.807, 2.05) is 0 Å². The van der Waals surface area contributed by atoms with Gasteiger partial charge in [-0.05, 0) is 29.8 Å². The zero-order valence-corrected chi connectivity index (χ0v) is 14.7. The Morgan fingerprint density at radius 3 is 2.50 bits per heavy atom.